The summed E-state index contributed by atoms with van der Waals surface area (Å²) < 4.78 is 13.8. The first-order valence-corrected chi connectivity index (χ1v) is 8.19. The van der Waals surface area contributed by atoms with E-state index in [4.69, 9.17) is 0 Å². The van der Waals surface area contributed by atoms with Crippen molar-refractivity contribution < 1.29 is 9.18 Å². The monoisotopic (exact) mass is 338 g/mol. The molecule has 1 heterocycles. The summed E-state index contributed by atoms with van der Waals surface area (Å²) in [5.41, 5.74) is 0.433. The first-order valence-electron chi connectivity index (χ1n) is 6.50. The van der Waals surface area contributed by atoms with Crippen molar-refractivity contribution >= 4 is 39.8 Å². The van der Waals surface area contributed by atoms with E-state index >= 15 is 0 Å². The van der Waals surface area contributed by atoms with E-state index < -0.39 is 0 Å². The number of nitrogens with zero attached hydrogens (tertiary/aromatic N) is 2. The molecule has 0 spiro atoms. The summed E-state index contributed by atoms with van der Waals surface area (Å²) in [5, 5.41) is 14.0. The molecular formula is C14H15FN4OS2. The Morgan fingerprint density at radius 3 is 3.09 bits per heavy atom. The van der Waals surface area contributed by atoms with Crippen LogP contribution in [0.2, 0.25) is 0 Å². The molecule has 2 N–H and O–H groups in total. The van der Waals surface area contributed by atoms with E-state index in [1.54, 1.807) is 25.1 Å². The van der Waals surface area contributed by atoms with Crippen molar-refractivity contribution in [2.24, 2.45) is 0 Å². The fraction of sp³-hybridized carbons (Fsp3) is 0.214. The minimum atomic E-state index is -0.389. The van der Waals surface area contributed by atoms with Gasteiger partial charge in [-0.05, 0) is 25.1 Å². The highest BCUT2D eigenvalue weighted by atomic mass is 32.2. The number of halogens is 1. The van der Waals surface area contributed by atoms with Gasteiger partial charge in [-0.1, -0.05) is 35.2 Å². The van der Waals surface area contributed by atoms with Gasteiger partial charge in [-0.15, -0.1) is 16.8 Å². The summed E-state index contributed by atoms with van der Waals surface area (Å²) in [5.74, 6) is -0.605. The van der Waals surface area contributed by atoms with Gasteiger partial charge in [0.05, 0.1) is 5.25 Å². The minimum Gasteiger partial charge on any atom is -0.357 e. The van der Waals surface area contributed by atoms with E-state index in [1.165, 1.54) is 35.2 Å². The topological polar surface area (TPSA) is 66.9 Å². The zero-order chi connectivity index (χ0) is 15.9. The number of carbonyl (C=O) groups excluding carboxylic acids is 1. The molecule has 1 aromatic heterocycles. The molecule has 1 amide bonds. The van der Waals surface area contributed by atoms with Gasteiger partial charge >= 0.3 is 0 Å². The van der Waals surface area contributed by atoms with Crippen LogP contribution < -0.4 is 10.6 Å². The predicted molar refractivity (Wildman–Crippen MR) is 88.9 cm³/mol. The largest absolute Gasteiger partial charge is 0.357 e. The van der Waals surface area contributed by atoms with Crippen LogP contribution in [0.15, 0.2) is 41.3 Å². The molecule has 0 aliphatic carbocycles. The lowest BCUT2D eigenvalue weighted by Crippen LogP contribution is -2.22. The molecule has 2 aromatic rings. The van der Waals surface area contributed by atoms with E-state index in [0.29, 0.717) is 21.7 Å². The predicted octanol–water partition coefficient (Wildman–Crippen LogP) is 3.39. The van der Waals surface area contributed by atoms with Gasteiger partial charge in [0, 0.05) is 12.2 Å². The van der Waals surface area contributed by atoms with E-state index in [9.17, 15) is 9.18 Å². The molecule has 0 aliphatic heterocycles. The van der Waals surface area contributed by atoms with Crippen LogP contribution in [-0.4, -0.2) is 27.9 Å². The van der Waals surface area contributed by atoms with Crippen LogP contribution >= 0.6 is 23.1 Å². The third-order valence-corrected chi connectivity index (χ3v) is 4.61. The highest BCUT2D eigenvalue weighted by Crippen LogP contribution is 2.29. The number of rotatable bonds is 7. The first kappa shape index (κ1) is 16.4. The summed E-state index contributed by atoms with van der Waals surface area (Å²) in [4.78, 5) is 12.1. The fourth-order valence-electron chi connectivity index (χ4n) is 1.50. The number of hydrogen-bond donors (Lipinski definition) is 2. The molecule has 1 aromatic carbocycles. The van der Waals surface area contributed by atoms with Crippen LogP contribution in [0.4, 0.5) is 15.2 Å². The summed E-state index contributed by atoms with van der Waals surface area (Å²) in [6.07, 6.45) is 1.73. The van der Waals surface area contributed by atoms with Crippen molar-refractivity contribution in [2.75, 3.05) is 17.2 Å². The Kier molecular flexibility index (Phi) is 5.91. The number of anilines is 2. The van der Waals surface area contributed by atoms with Crippen LogP contribution in [0.5, 0.6) is 0 Å². The third kappa shape index (κ3) is 4.81. The molecule has 22 heavy (non-hydrogen) atoms. The minimum absolute atomic E-state index is 0.216. The maximum absolute atomic E-state index is 13.1. The summed E-state index contributed by atoms with van der Waals surface area (Å²) >= 11 is 2.67. The van der Waals surface area contributed by atoms with Crippen molar-refractivity contribution in [3.05, 3.63) is 42.7 Å². The van der Waals surface area contributed by atoms with Gasteiger partial charge < -0.3 is 10.6 Å². The lowest BCUT2D eigenvalue weighted by atomic mass is 10.3. The molecule has 0 radical (unpaired) electrons. The average molecular weight is 338 g/mol. The molecular weight excluding hydrogens is 323 g/mol. The van der Waals surface area contributed by atoms with Crippen molar-refractivity contribution in [1.29, 1.82) is 0 Å². The lowest BCUT2D eigenvalue weighted by Gasteiger charge is -2.10. The smallest absolute Gasteiger partial charge is 0.237 e. The van der Waals surface area contributed by atoms with Crippen LogP contribution in [0.3, 0.4) is 0 Å². The van der Waals surface area contributed by atoms with Crippen molar-refractivity contribution in [3.63, 3.8) is 0 Å². The normalized spacial score (nSPS) is 11.7. The number of carbonyl (C=O) groups is 1. The molecule has 0 saturated carbocycles. The Hall–Kier alpha value is -1.93. The second-order valence-corrected chi connectivity index (χ2v) is 6.87. The first-order chi connectivity index (χ1) is 10.6. The highest BCUT2D eigenvalue weighted by Gasteiger charge is 2.17. The Morgan fingerprint density at radius 1 is 1.55 bits per heavy atom. The van der Waals surface area contributed by atoms with E-state index in [1.807, 2.05) is 0 Å². The zero-order valence-electron chi connectivity index (χ0n) is 11.9. The molecule has 0 fully saturated rings. The quantitative estimate of drug-likeness (QED) is 0.598. The maximum Gasteiger partial charge on any atom is 0.237 e. The average Bonchev–Trinajstić information content (AvgIpc) is 2.92. The Morgan fingerprint density at radius 2 is 2.36 bits per heavy atom. The van der Waals surface area contributed by atoms with Crippen LogP contribution in [0.25, 0.3) is 0 Å². The SMILES string of the molecule is C=CCNc1nnc(S[C@@H](C)C(=O)Nc2cccc(F)c2)s1. The van der Waals surface area contributed by atoms with Gasteiger partial charge in [0.25, 0.3) is 0 Å². The molecule has 2 rings (SSSR count). The Balaban J connectivity index is 1.90. The Bertz CT molecular complexity index is 662. The number of aromatic nitrogens is 2. The van der Waals surface area contributed by atoms with Crippen LogP contribution in [0, 0.1) is 5.82 Å². The van der Waals surface area contributed by atoms with Gasteiger partial charge in [-0.3, -0.25) is 4.79 Å². The van der Waals surface area contributed by atoms with Gasteiger partial charge in [0.15, 0.2) is 4.34 Å². The molecule has 0 aliphatic rings. The molecule has 116 valence electrons. The van der Waals surface area contributed by atoms with Crippen LogP contribution in [-0.2, 0) is 4.79 Å². The molecule has 5 nitrogen and oxygen atoms in total. The summed E-state index contributed by atoms with van der Waals surface area (Å²) in [7, 11) is 0. The van der Waals surface area contributed by atoms with E-state index in [0.717, 1.165) is 0 Å². The van der Waals surface area contributed by atoms with Crippen molar-refractivity contribution in [1.82, 2.24) is 10.2 Å². The number of thioether (sulfide) groups is 1. The van der Waals surface area contributed by atoms with Gasteiger partial charge in [-0.2, -0.15) is 0 Å². The highest BCUT2D eigenvalue weighted by molar-refractivity contribution is 8.02. The number of amides is 1. The molecule has 0 bridgehead atoms. The number of nitrogens with one attached hydrogen (secondary N) is 2. The lowest BCUT2D eigenvalue weighted by molar-refractivity contribution is -0.115. The summed E-state index contributed by atoms with van der Waals surface area (Å²) in [6, 6.07) is 5.79. The second kappa shape index (κ2) is 7.90. The summed E-state index contributed by atoms with van der Waals surface area (Å²) in [6.45, 7) is 5.98. The molecule has 8 heteroatoms. The van der Waals surface area contributed by atoms with Crippen molar-refractivity contribution in [3.8, 4) is 0 Å². The van der Waals surface area contributed by atoms with E-state index in [2.05, 4.69) is 27.4 Å². The second-order valence-electron chi connectivity index (χ2n) is 4.30. The zero-order valence-corrected chi connectivity index (χ0v) is 13.5. The standard InChI is InChI=1S/C14H15FN4OS2/c1-3-7-16-13-18-19-14(22-13)21-9(2)12(20)17-11-6-4-5-10(15)8-11/h3-6,8-9H,1,7H2,2H3,(H,16,18)(H,17,20)/t9-/m0/s1. The van der Waals surface area contributed by atoms with Gasteiger partial charge in [-0.25, -0.2) is 4.39 Å². The molecule has 1 atom stereocenters. The Labute approximate surface area is 136 Å². The molecule has 0 unspecified atom stereocenters. The maximum atomic E-state index is 13.1. The third-order valence-electron chi connectivity index (χ3n) is 2.54. The van der Waals surface area contributed by atoms with Crippen molar-refractivity contribution in [2.45, 2.75) is 16.5 Å². The van der Waals surface area contributed by atoms with E-state index in [-0.39, 0.29) is 17.0 Å². The number of hydrogen-bond acceptors (Lipinski definition) is 6. The number of benzene rings is 1. The molecule has 0 saturated heterocycles. The van der Waals surface area contributed by atoms with Gasteiger partial charge in [0.2, 0.25) is 11.0 Å². The van der Waals surface area contributed by atoms with Crippen LogP contribution in [0.1, 0.15) is 6.92 Å². The fourth-order valence-corrected chi connectivity index (χ4v) is 3.41. The van der Waals surface area contributed by atoms with Gasteiger partial charge in [0.1, 0.15) is 5.82 Å².